The lowest BCUT2D eigenvalue weighted by Crippen LogP contribution is -2.37. The van der Waals surface area contributed by atoms with Crippen molar-refractivity contribution >= 4 is 27.3 Å². The van der Waals surface area contributed by atoms with Crippen molar-refractivity contribution in [1.82, 2.24) is 10.3 Å². The number of fused-ring (bicyclic) bond motifs is 1. The van der Waals surface area contributed by atoms with E-state index < -0.39 is 21.8 Å². The minimum Gasteiger partial charge on any atom is -0.348 e. The summed E-state index contributed by atoms with van der Waals surface area (Å²) in [5.74, 6) is -0.570. The summed E-state index contributed by atoms with van der Waals surface area (Å²) >= 11 is 0. The van der Waals surface area contributed by atoms with Gasteiger partial charge in [0.2, 0.25) is 0 Å². The van der Waals surface area contributed by atoms with Crippen LogP contribution in [0.25, 0.3) is 0 Å². The van der Waals surface area contributed by atoms with E-state index in [0.717, 1.165) is 24.1 Å². The number of sulfone groups is 1. The zero-order chi connectivity index (χ0) is 19.7. The molecular formula is C20H21N3O4S. The van der Waals surface area contributed by atoms with Crippen LogP contribution in [0.15, 0.2) is 42.7 Å². The topological polar surface area (TPSA) is 96.4 Å². The van der Waals surface area contributed by atoms with Crippen LogP contribution in [0.3, 0.4) is 0 Å². The molecule has 1 saturated heterocycles. The Morgan fingerprint density at radius 3 is 2.71 bits per heavy atom. The van der Waals surface area contributed by atoms with Gasteiger partial charge in [-0.1, -0.05) is 18.2 Å². The van der Waals surface area contributed by atoms with Gasteiger partial charge in [-0.05, 0) is 37.0 Å². The molecule has 7 nitrogen and oxygen atoms in total. The highest BCUT2D eigenvalue weighted by Crippen LogP contribution is 2.28. The lowest BCUT2D eigenvalue weighted by Gasteiger charge is -2.29. The number of rotatable bonds is 3. The second-order valence-corrected chi connectivity index (χ2v) is 9.45. The summed E-state index contributed by atoms with van der Waals surface area (Å²) in [7, 11) is -3.08. The van der Waals surface area contributed by atoms with Crippen LogP contribution < -0.4 is 10.2 Å². The Kier molecular flexibility index (Phi) is 4.89. The summed E-state index contributed by atoms with van der Waals surface area (Å²) in [6.45, 7) is 0.617. The number of aryl methyl sites for hydroxylation is 1. The van der Waals surface area contributed by atoms with E-state index in [0.29, 0.717) is 18.5 Å². The number of aromatic nitrogens is 1. The summed E-state index contributed by atoms with van der Waals surface area (Å²) in [5.41, 5.74) is 2.61. The Labute approximate surface area is 163 Å². The van der Waals surface area contributed by atoms with Gasteiger partial charge in [0, 0.05) is 30.7 Å². The summed E-state index contributed by atoms with van der Waals surface area (Å²) in [6, 6.07) is 8.94. The van der Waals surface area contributed by atoms with Gasteiger partial charge in [-0.25, -0.2) is 8.42 Å². The van der Waals surface area contributed by atoms with Crippen molar-refractivity contribution < 1.29 is 18.0 Å². The molecule has 2 aromatic rings. The molecule has 1 aromatic heterocycles. The molecular weight excluding hydrogens is 378 g/mol. The van der Waals surface area contributed by atoms with E-state index in [2.05, 4.69) is 10.3 Å². The van der Waals surface area contributed by atoms with Gasteiger partial charge in [0.1, 0.15) is 0 Å². The van der Waals surface area contributed by atoms with Gasteiger partial charge in [-0.15, -0.1) is 0 Å². The number of nitrogens with one attached hydrogen (secondary N) is 1. The zero-order valence-corrected chi connectivity index (χ0v) is 16.1. The fraction of sp³-hybridized carbons (Fsp3) is 0.350. The molecule has 1 aromatic carbocycles. The standard InChI is InChI=1S/C20H21N3O4S/c24-19(22-17-7-9-28(26,27)13-17)15-10-16(12-21-11-15)20(25)23-8-3-5-14-4-1-2-6-18(14)23/h1-2,4,6,10-12,17H,3,5,7-9,13H2,(H,22,24). The zero-order valence-electron chi connectivity index (χ0n) is 15.3. The monoisotopic (exact) mass is 399 g/mol. The average Bonchev–Trinajstić information content (AvgIpc) is 3.05. The molecule has 0 aliphatic carbocycles. The quantitative estimate of drug-likeness (QED) is 0.846. The number of pyridine rings is 1. The van der Waals surface area contributed by atoms with E-state index in [1.807, 2.05) is 24.3 Å². The SMILES string of the molecule is O=C(NC1CCS(=O)(=O)C1)c1cncc(C(=O)N2CCCc3ccccc32)c1. The highest BCUT2D eigenvalue weighted by Gasteiger charge is 2.29. The van der Waals surface area contributed by atoms with Crippen molar-refractivity contribution in [3.05, 3.63) is 59.4 Å². The molecule has 2 amide bonds. The molecule has 2 aliphatic heterocycles. The fourth-order valence-corrected chi connectivity index (χ4v) is 5.43. The maximum Gasteiger partial charge on any atom is 0.259 e. The van der Waals surface area contributed by atoms with E-state index in [1.54, 1.807) is 4.90 Å². The molecule has 0 radical (unpaired) electrons. The van der Waals surface area contributed by atoms with Crippen molar-refractivity contribution in [2.75, 3.05) is 23.0 Å². The fourth-order valence-electron chi connectivity index (χ4n) is 3.76. The molecule has 28 heavy (non-hydrogen) atoms. The predicted molar refractivity (Wildman–Crippen MR) is 105 cm³/mol. The van der Waals surface area contributed by atoms with Gasteiger partial charge in [0.25, 0.3) is 11.8 Å². The summed E-state index contributed by atoms with van der Waals surface area (Å²) in [4.78, 5) is 31.3. The first-order valence-electron chi connectivity index (χ1n) is 9.29. The van der Waals surface area contributed by atoms with Crippen LogP contribution in [0.1, 0.15) is 39.1 Å². The number of nitrogens with zero attached hydrogens (tertiary/aromatic N) is 2. The van der Waals surface area contributed by atoms with Crippen LogP contribution in [0.4, 0.5) is 5.69 Å². The molecule has 8 heteroatoms. The first-order chi connectivity index (χ1) is 13.4. The third kappa shape index (κ3) is 3.77. The van der Waals surface area contributed by atoms with Crippen molar-refractivity contribution in [1.29, 1.82) is 0 Å². The Morgan fingerprint density at radius 2 is 1.93 bits per heavy atom. The van der Waals surface area contributed by atoms with Crippen LogP contribution in [-0.4, -0.2) is 49.3 Å². The van der Waals surface area contributed by atoms with Crippen LogP contribution >= 0.6 is 0 Å². The largest absolute Gasteiger partial charge is 0.348 e. The van der Waals surface area contributed by atoms with Crippen molar-refractivity contribution in [3.8, 4) is 0 Å². The number of amides is 2. The van der Waals surface area contributed by atoms with Crippen LogP contribution in [0, 0.1) is 0 Å². The van der Waals surface area contributed by atoms with Crippen molar-refractivity contribution in [2.45, 2.75) is 25.3 Å². The molecule has 0 bridgehead atoms. The Morgan fingerprint density at radius 1 is 1.14 bits per heavy atom. The smallest absolute Gasteiger partial charge is 0.259 e. The predicted octanol–water partition coefficient (Wildman–Crippen LogP) is 1.59. The Hall–Kier alpha value is -2.74. The number of carbonyl (C=O) groups is 2. The number of hydrogen-bond donors (Lipinski definition) is 1. The summed E-state index contributed by atoms with van der Waals surface area (Å²) < 4.78 is 23.1. The average molecular weight is 399 g/mol. The highest BCUT2D eigenvalue weighted by molar-refractivity contribution is 7.91. The molecule has 1 atom stereocenters. The normalized spacial score (nSPS) is 20.4. The van der Waals surface area contributed by atoms with Gasteiger partial charge in [-0.3, -0.25) is 14.6 Å². The van der Waals surface area contributed by atoms with Gasteiger partial charge in [-0.2, -0.15) is 0 Å². The first-order valence-corrected chi connectivity index (χ1v) is 11.1. The number of anilines is 1. The minimum absolute atomic E-state index is 0.0463. The van der Waals surface area contributed by atoms with E-state index in [1.165, 1.54) is 18.5 Å². The van der Waals surface area contributed by atoms with Gasteiger partial charge >= 0.3 is 0 Å². The van der Waals surface area contributed by atoms with E-state index >= 15 is 0 Å². The highest BCUT2D eigenvalue weighted by atomic mass is 32.2. The molecule has 1 fully saturated rings. The lowest BCUT2D eigenvalue weighted by molar-refractivity contribution is 0.0940. The molecule has 1 unspecified atom stereocenters. The van der Waals surface area contributed by atoms with Gasteiger partial charge in [0.05, 0.1) is 22.6 Å². The third-order valence-electron chi connectivity index (χ3n) is 5.17. The second kappa shape index (κ2) is 7.35. The Bertz CT molecular complexity index is 1040. The molecule has 2 aliphatic rings. The van der Waals surface area contributed by atoms with Crippen LogP contribution in [0.5, 0.6) is 0 Å². The van der Waals surface area contributed by atoms with Gasteiger partial charge < -0.3 is 10.2 Å². The third-order valence-corrected chi connectivity index (χ3v) is 6.94. The number of para-hydroxylation sites is 1. The Balaban J connectivity index is 1.53. The lowest BCUT2D eigenvalue weighted by atomic mass is 10.0. The molecule has 3 heterocycles. The maximum atomic E-state index is 13.0. The van der Waals surface area contributed by atoms with E-state index in [9.17, 15) is 18.0 Å². The first kappa shape index (κ1) is 18.6. The van der Waals surface area contributed by atoms with Crippen LogP contribution in [-0.2, 0) is 16.3 Å². The molecule has 4 rings (SSSR count). The number of benzene rings is 1. The minimum atomic E-state index is -3.08. The molecule has 0 saturated carbocycles. The van der Waals surface area contributed by atoms with Crippen molar-refractivity contribution in [2.24, 2.45) is 0 Å². The summed E-state index contributed by atoms with van der Waals surface area (Å²) in [6.07, 6.45) is 5.07. The van der Waals surface area contributed by atoms with Crippen LogP contribution in [0.2, 0.25) is 0 Å². The molecule has 146 valence electrons. The second-order valence-electron chi connectivity index (χ2n) is 7.22. The maximum absolute atomic E-state index is 13.0. The van der Waals surface area contributed by atoms with E-state index in [-0.39, 0.29) is 23.0 Å². The molecule has 1 N–H and O–H groups in total. The van der Waals surface area contributed by atoms with Gasteiger partial charge in [0.15, 0.2) is 9.84 Å². The number of carbonyl (C=O) groups excluding carboxylic acids is 2. The summed E-state index contributed by atoms with van der Waals surface area (Å²) in [5, 5.41) is 2.73. The number of hydrogen-bond acceptors (Lipinski definition) is 5. The van der Waals surface area contributed by atoms with E-state index in [4.69, 9.17) is 0 Å². The van der Waals surface area contributed by atoms with Crippen molar-refractivity contribution in [3.63, 3.8) is 0 Å². The molecule has 0 spiro atoms.